The number of carbonyl (C=O) groups is 2. The third-order valence-corrected chi connectivity index (χ3v) is 6.99. The molecule has 0 spiro atoms. The van der Waals surface area contributed by atoms with E-state index >= 15 is 0 Å². The molecule has 37 heavy (non-hydrogen) atoms. The Hall–Kier alpha value is -3.38. The van der Waals surface area contributed by atoms with Crippen LogP contribution in [0.5, 0.6) is 5.75 Å². The summed E-state index contributed by atoms with van der Waals surface area (Å²) in [5.41, 5.74) is 3.33. The van der Waals surface area contributed by atoms with Crippen molar-refractivity contribution in [2.45, 2.75) is 53.0 Å². The molecule has 1 aliphatic heterocycles. The van der Waals surface area contributed by atoms with Crippen LogP contribution in [0.1, 0.15) is 62.9 Å². The normalized spacial score (nSPS) is 17.5. The van der Waals surface area contributed by atoms with Gasteiger partial charge in [0.25, 0.3) is 11.7 Å². The molecule has 2 aromatic carbocycles. The molecule has 0 aromatic heterocycles. The number of rotatable bonds is 10. The lowest BCUT2D eigenvalue weighted by molar-refractivity contribution is -0.140. The van der Waals surface area contributed by atoms with E-state index < -0.39 is 17.7 Å². The maximum Gasteiger partial charge on any atom is 0.295 e. The van der Waals surface area contributed by atoms with Gasteiger partial charge in [-0.15, -0.1) is 0 Å². The summed E-state index contributed by atoms with van der Waals surface area (Å²) in [6.07, 6.45) is 1.66. The van der Waals surface area contributed by atoms with Crippen molar-refractivity contribution in [2.24, 2.45) is 0 Å². The van der Waals surface area contributed by atoms with Crippen LogP contribution in [0.2, 0.25) is 0 Å². The van der Waals surface area contributed by atoms with Crippen molar-refractivity contribution in [1.82, 2.24) is 9.80 Å². The van der Waals surface area contributed by atoms with Crippen LogP contribution in [0.3, 0.4) is 0 Å². The van der Waals surface area contributed by atoms with Crippen LogP contribution in [0.15, 0.2) is 60.7 Å². The Balaban J connectivity index is 2.10. The Morgan fingerprint density at radius 1 is 1.11 bits per heavy atom. The fourth-order valence-corrected chi connectivity index (χ4v) is 4.67. The predicted octanol–water partition coefficient (Wildman–Crippen LogP) is 5.62. The lowest BCUT2D eigenvalue weighted by Gasteiger charge is -2.28. The van der Waals surface area contributed by atoms with Crippen LogP contribution >= 0.6 is 0 Å². The molecule has 1 saturated heterocycles. The van der Waals surface area contributed by atoms with Crippen LogP contribution in [0.25, 0.3) is 5.76 Å². The lowest BCUT2D eigenvalue weighted by Crippen LogP contribution is -2.38. The number of aliphatic hydroxyl groups excluding tert-OH is 1. The van der Waals surface area contributed by atoms with Gasteiger partial charge in [-0.3, -0.25) is 9.59 Å². The van der Waals surface area contributed by atoms with E-state index in [-0.39, 0.29) is 16.7 Å². The van der Waals surface area contributed by atoms with Gasteiger partial charge in [-0.05, 0) is 60.3 Å². The zero-order valence-corrected chi connectivity index (χ0v) is 23.0. The maximum atomic E-state index is 13.4. The van der Waals surface area contributed by atoms with Crippen molar-refractivity contribution < 1.29 is 19.4 Å². The highest BCUT2D eigenvalue weighted by atomic mass is 16.5. The smallest absolute Gasteiger partial charge is 0.295 e. The summed E-state index contributed by atoms with van der Waals surface area (Å²) in [6.45, 7) is 19.2. The molecular weight excluding hydrogens is 464 g/mol. The molecule has 1 fully saturated rings. The summed E-state index contributed by atoms with van der Waals surface area (Å²) >= 11 is 0. The SMILES string of the molecule is C=CCOc1ccc(/C(O)=C2\C(=O)C(=O)N(CCN(CC)CC)C2c2ccc(C(C)(C)C)cc2)cc1C. The fourth-order valence-electron chi connectivity index (χ4n) is 4.67. The number of nitrogens with zero attached hydrogens (tertiary/aromatic N) is 2. The average Bonchev–Trinajstić information content (AvgIpc) is 3.12. The molecule has 0 radical (unpaired) electrons. The first-order valence-electron chi connectivity index (χ1n) is 13.0. The summed E-state index contributed by atoms with van der Waals surface area (Å²) in [4.78, 5) is 30.4. The molecule has 1 unspecified atom stereocenters. The van der Waals surface area contributed by atoms with E-state index in [0.29, 0.717) is 31.0 Å². The van der Waals surface area contributed by atoms with Gasteiger partial charge < -0.3 is 19.6 Å². The van der Waals surface area contributed by atoms with Gasteiger partial charge in [0.2, 0.25) is 0 Å². The molecule has 1 atom stereocenters. The molecule has 198 valence electrons. The number of aliphatic hydroxyl groups is 1. The molecule has 0 saturated carbocycles. The third-order valence-electron chi connectivity index (χ3n) is 6.99. The van der Waals surface area contributed by atoms with Crippen molar-refractivity contribution in [3.63, 3.8) is 0 Å². The van der Waals surface area contributed by atoms with Gasteiger partial charge in [0.05, 0.1) is 11.6 Å². The minimum Gasteiger partial charge on any atom is -0.507 e. The number of hydrogen-bond acceptors (Lipinski definition) is 5. The first-order valence-corrected chi connectivity index (χ1v) is 13.0. The topological polar surface area (TPSA) is 70.1 Å². The van der Waals surface area contributed by atoms with Crippen LogP contribution in [0, 0.1) is 6.92 Å². The standard InChI is InChI=1S/C31H40N2O4/c1-8-19-37-25-16-13-23(20-21(25)4)28(34)26-27(22-11-14-24(15-12-22)31(5,6)7)33(30(36)29(26)35)18-17-32(9-2)10-3/h8,11-16,20,27,34H,1,9-10,17-19H2,2-7H3/b28-26+. The van der Waals surface area contributed by atoms with Gasteiger partial charge in [0, 0.05) is 18.7 Å². The molecule has 3 rings (SSSR count). The Morgan fingerprint density at radius 2 is 1.76 bits per heavy atom. The summed E-state index contributed by atoms with van der Waals surface area (Å²) in [6, 6.07) is 12.6. The second kappa shape index (κ2) is 11.8. The molecule has 6 heteroatoms. The van der Waals surface area contributed by atoms with E-state index in [1.807, 2.05) is 31.2 Å². The minimum atomic E-state index is -0.665. The monoisotopic (exact) mass is 504 g/mol. The van der Waals surface area contributed by atoms with Crippen molar-refractivity contribution >= 4 is 17.4 Å². The molecular formula is C31H40N2O4. The zero-order chi connectivity index (χ0) is 27.3. The van der Waals surface area contributed by atoms with E-state index in [4.69, 9.17) is 4.74 Å². The van der Waals surface area contributed by atoms with Crippen molar-refractivity contribution in [3.8, 4) is 5.75 Å². The highest BCUT2D eigenvalue weighted by Gasteiger charge is 2.46. The van der Waals surface area contributed by atoms with Crippen LogP contribution in [0.4, 0.5) is 0 Å². The number of carbonyl (C=O) groups excluding carboxylic acids is 2. The fraction of sp³-hybridized carbons (Fsp3) is 0.419. The molecule has 6 nitrogen and oxygen atoms in total. The number of ether oxygens (including phenoxy) is 1. The Morgan fingerprint density at radius 3 is 2.30 bits per heavy atom. The Labute approximate surface area is 221 Å². The average molecular weight is 505 g/mol. The van der Waals surface area contributed by atoms with Crippen LogP contribution in [-0.4, -0.2) is 59.4 Å². The largest absolute Gasteiger partial charge is 0.507 e. The quantitative estimate of drug-likeness (QED) is 0.197. The van der Waals surface area contributed by atoms with E-state index in [1.54, 1.807) is 29.2 Å². The number of likely N-dealkylation sites (tertiary alicyclic amines) is 1. The molecule has 2 aromatic rings. The summed E-state index contributed by atoms with van der Waals surface area (Å²) < 4.78 is 5.66. The number of likely N-dealkylation sites (N-methyl/N-ethyl adjacent to an activating group) is 1. The van der Waals surface area contributed by atoms with E-state index in [1.165, 1.54) is 0 Å². The van der Waals surface area contributed by atoms with Crippen molar-refractivity contribution in [1.29, 1.82) is 0 Å². The van der Waals surface area contributed by atoms with E-state index in [9.17, 15) is 14.7 Å². The second-order valence-electron chi connectivity index (χ2n) is 10.5. The highest BCUT2D eigenvalue weighted by Crippen LogP contribution is 2.40. The third kappa shape index (κ3) is 6.13. The Kier molecular flexibility index (Phi) is 8.98. The maximum absolute atomic E-state index is 13.4. The number of ketones is 1. The van der Waals surface area contributed by atoms with Gasteiger partial charge >= 0.3 is 0 Å². The predicted molar refractivity (Wildman–Crippen MR) is 149 cm³/mol. The number of amides is 1. The first-order chi connectivity index (χ1) is 17.5. The van der Waals surface area contributed by atoms with Gasteiger partial charge in [0.1, 0.15) is 18.1 Å². The lowest BCUT2D eigenvalue weighted by atomic mass is 9.85. The molecule has 0 bridgehead atoms. The zero-order valence-electron chi connectivity index (χ0n) is 23.0. The molecule has 1 amide bonds. The summed E-state index contributed by atoms with van der Waals surface area (Å²) in [5.74, 6) is -0.745. The van der Waals surface area contributed by atoms with E-state index in [0.717, 1.165) is 29.8 Å². The summed E-state index contributed by atoms with van der Waals surface area (Å²) in [7, 11) is 0. The number of benzene rings is 2. The number of hydrogen-bond donors (Lipinski definition) is 1. The first kappa shape index (κ1) is 28.2. The van der Waals surface area contributed by atoms with Crippen LogP contribution < -0.4 is 4.74 Å². The van der Waals surface area contributed by atoms with Crippen molar-refractivity contribution in [3.05, 3.63) is 82.9 Å². The van der Waals surface area contributed by atoms with Crippen LogP contribution in [-0.2, 0) is 15.0 Å². The van der Waals surface area contributed by atoms with E-state index in [2.05, 4.69) is 46.1 Å². The molecule has 1 heterocycles. The number of Topliss-reactive ketones (excluding diaryl/α,β-unsaturated/α-hetero) is 1. The van der Waals surface area contributed by atoms with Gasteiger partial charge in [-0.25, -0.2) is 0 Å². The molecule has 1 N–H and O–H groups in total. The van der Waals surface area contributed by atoms with Gasteiger partial charge in [0.15, 0.2) is 0 Å². The Bertz CT molecular complexity index is 1170. The molecule has 0 aliphatic carbocycles. The highest BCUT2D eigenvalue weighted by molar-refractivity contribution is 6.46. The summed E-state index contributed by atoms with van der Waals surface area (Å²) in [5, 5.41) is 11.4. The van der Waals surface area contributed by atoms with Crippen molar-refractivity contribution in [2.75, 3.05) is 32.8 Å². The van der Waals surface area contributed by atoms with Gasteiger partial charge in [-0.1, -0.05) is 71.5 Å². The van der Waals surface area contributed by atoms with Gasteiger partial charge in [-0.2, -0.15) is 0 Å². The number of aryl methyl sites for hydroxylation is 1. The molecule has 1 aliphatic rings. The second-order valence-corrected chi connectivity index (χ2v) is 10.5. The minimum absolute atomic E-state index is 0.0317.